The van der Waals surface area contributed by atoms with Crippen LogP contribution in [0, 0.1) is 0 Å². The summed E-state index contributed by atoms with van der Waals surface area (Å²) in [5.41, 5.74) is 6.46. The van der Waals surface area contributed by atoms with Gasteiger partial charge in [-0.25, -0.2) is 4.98 Å². The number of halogens is 2. The minimum Gasteiger partial charge on any atom is -0.494 e. The van der Waals surface area contributed by atoms with Gasteiger partial charge in [-0.15, -0.1) is 24.8 Å². The summed E-state index contributed by atoms with van der Waals surface area (Å²) in [6.45, 7) is 1.33. The average molecular weight is 290 g/mol. The number of nitrogens with two attached hydrogens (primary N) is 1. The van der Waals surface area contributed by atoms with E-state index in [0.29, 0.717) is 13.2 Å². The Morgan fingerprint density at radius 3 is 2.44 bits per heavy atom. The summed E-state index contributed by atoms with van der Waals surface area (Å²) in [4.78, 5) is 4.00. The first-order valence-corrected chi connectivity index (χ1v) is 5.31. The summed E-state index contributed by atoms with van der Waals surface area (Å²) < 4.78 is 7.46. The Kier molecular flexibility index (Phi) is 8.20. The van der Waals surface area contributed by atoms with Gasteiger partial charge >= 0.3 is 0 Å². The van der Waals surface area contributed by atoms with Crippen molar-refractivity contribution in [1.29, 1.82) is 0 Å². The zero-order chi connectivity index (χ0) is 11.2. The first-order valence-electron chi connectivity index (χ1n) is 5.31. The second-order valence-corrected chi connectivity index (χ2v) is 3.45. The molecule has 18 heavy (non-hydrogen) atoms. The van der Waals surface area contributed by atoms with Gasteiger partial charge in [0.05, 0.1) is 12.9 Å². The van der Waals surface area contributed by atoms with Crippen LogP contribution < -0.4 is 10.5 Å². The Bertz CT molecular complexity index is 417. The van der Waals surface area contributed by atoms with E-state index >= 15 is 0 Å². The molecule has 0 aliphatic rings. The number of benzene rings is 1. The van der Waals surface area contributed by atoms with E-state index in [2.05, 4.69) is 4.98 Å². The summed E-state index contributed by atoms with van der Waals surface area (Å²) in [6, 6.07) is 7.90. The van der Waals surface area contributed by atoms with Gasteiger partial charge in [0, 0.05) is 18.1 Å². The molecule has 6 heteroatoms. The van der Waals surface area contributed by atoms with Gasteiger partial charge in [0.15, 0.2) is 0 Å². The van der Waals surface area contributed by atoms with Crippen LogP contribution in [0.25, 0.3) is 5.69 Å². The number of nitrogens with zero attached hydrogens (tertiary/aromatic N) is 2. The minimum absolute atomic E-state index is 0. The number of rotatable bonds is 5. The lowest BCUT2D eigenvalue weighted by Gasteiger charge is -2.06. The molecular formula is C12H17Cl2N3O. The highest BCUT2D eigenvalue weighted by Gasteiger charge is 1.96. The fourth-order valence-electron chi connectivity index (χ4n) is 1.40. The first kappa shape index (κ1) is 16.8. The van der Waals surface area contributed by atoms with E-state index in [9.17, 15) is 0 Å². The Morgan fingerprint density at radius 1 is 1.17 bits per heavy atom. The lowest BCUT2D eigenvalue weighted by molar-refractivity contribution is 0.313. The number of imidazole rings is 1. The molecule has 0 aliphatic carbocycles. The average Bonchev–Trinajstić information content (AvgIpc) is 2.84. The topological polar surface area (TPSA) is 53.1 Å². The van der Waals surface area contributed by atoms with Crippen molar-refractivity contribution in [3.8, 4) is 11.4 Å². The van der Waals surface area contributed by atoms with Gasteiger partial charge < -0.3 is 15.0 Å². The van der Waals surface area contributed by atoms with Crippen LogP contribution in [0.3, 0.4) is 0 Å². The number of aromatic nitrogens is 2. The second-order valence-electron chi connectivity index (χ2n) is 3.45. The predicted molar refractivity (Wildman–Crippen MR) is 77.2 cm³/mol. The summed E-state index contributed by atoms with van der Waals surface area (Å²) in [5, 5.41) is 0. The van der Waals surface area contributed by atoms with Crippen LogP contribution in [0.2, 0.25) is 0 Å². The molecule has 0 saturated carbocycles. The molecule has 1 aromatic heterocycles. The van der Waals surface area contributed by atoms with Crippen LogP contribution >= 0.6 is 24.8 Å². The molecule has 4 nitrogen and oxygen atoms in total. The van der Waals surface area contributed by atoms with Crippen LogP contribution in [-0.2, 0) is 0 Å². The molecule has 2 rings (SSSR count). The molecule has 0 saturated heterocycles. The lowest BCUT2D eigenvalue weighted by Crippen LogP contribution is -2.06. The molecule has 0 bridgehead atoms. The maximum Gasteiger partial charge on any atom is 0.119 e. The Balaban J connectivity index is 0.00000144. The molecule has 0 radical (unpaired) electrons. The van der Waals surface area contributed by atoms with Gasteiger partial charge in [0.25, 0.3) is 0 Å². The Hall–Kier alpha value is -1.23. The van der Waals surface area contributed by atoms with Crippen molar-refractivity contribution in [3.05, 3.63) is 43.0 Å². The van der Waals surface area contributed by atoms with Gasteiger partial charge in [-0.3, -0.25) is 0 Å². The smallest absolute Gasteiger partial charge is 0.119 e. The standard InChI is InChI=1S/C12H15N3O.2ClH/c13-6-1-9-16-12-4-2-11(3-5-12)15-8-7-14-10-15;;/h2-5,7-8,10H,1,6,9,13H2;2*1H. The molecule has 2 N–H and O–H groups in total. The lowest BCUT2D eigenvalue weighted by atomic mass is 10.3. The van der Waals surface area contributed by atoms with Crippen molar-refractivity contribution < 1.29 is 4.74 Å². The van der Waals surface area contributed by atoms with Crippen LogP contribution in [-0.4, -0.2) is 22.7 Å². The number of hydrogen-bond acceptors (Lipinski definition) is 3. The van der Waals surface area contributed by atoms with E-state index in [1.807, 2.05) is 35.0 Å². The molecule has 0 fully saturated rings. The minimum atomic E-state index is 0. The van der Waals surface area contributed by atoms with Crippen molar-refractivity contribution in [2.45, 2.75) is 6.42 Å². The molecule has 2 aromatic rings. The van der Waals surface area contributed by atoms with Crippen molar-refractivity contribution in [1.82, 2.24) is 9.55 Å². The molecular weight excluding hydrogens is 273 g/mol. The monoisotopic (exact) mass is 289 g/mol. The van der Waals surface area contributed by atoms with E-state index in [1.165, 1.54) is 0 Å². The maximum absolute atomic E-state index is 5.51. The summed E-state index contributed by atoms with van der Waals surface area (Å²) in [7, 11) is 0. The number of ether oxygens (including phenoxy) is 1. The highest BCUT2D eigenvalue weighted by atomic mass is 35.5. The third kappa shape index (κ3) is 4.56. The van der Waals surface area contributed by atoms with E-state index in [0.717, 1.165) is 17.9 Å². The van der Waals surface area contributed by atoms with E-state index in [1.54, 1.807) is 12.5 Å². The van der Waals surface area contributed by atoms with Crippen molar-refractivity contribution in [2.24, 2.45) is 5.73 Å². The molecule has 1 aromatic carbocycles. The van der Waals surface area contributed by atoms with Crippen LogP contribution in [0.1, 0.15) is 6.42 Å². The normalized spacial score (nSPS) is 9.17. The zero-order valence-corrected chi connectivity index (χ0v) is 11.5. The van der Waals surface area contributed by atoms with Crippen molar-refractivity contribution in [2.75, 3.05) is 13.2 Å². The van der Waals surface area contributed by atoms with Gasteiger partial charge in [0.1, 0.15) is 5.75 Å². The largest absolute Gasteiger partial charge is 0.494 e. The van der Waals surface area contributed by atoms with Crippen LogP contribution in [0.5, 0.6) is 5.75 Å². The Labute approximate surface area is 119 Å². The highest BCUT2D eigenvalue weighted by molar-refractivity contribution is 5.85. The molecule has 0 amide bonds. The summed E-state index contributed by atoms with van der Waals surface area (Å²) in [6.07, 6.45) is 6.31. The summed E-state index contributed by atoms with van der Waals surface area (Å²) in [5.74, 6) is 0.873. The molecule has 0 unspecified atom stereocenters. The molecule has 100 valence electrons. The van der Waals surface area contributed by atoms with Gasteiger partial charge in [-0.1, -0.05) is 0 Å². The molecule has 1 heterocycles. The van der Waals surface area contributed by atoms with Crippen LogP contribution in [0.15, 0.2) is 43.0 Å². The van der Waals surface area contributed by atoms with Gasteiger partial charge in [-0.2, -0.15) is 0 Å². The first-order chi connectivity index (χ1) is 7.90. The number of hydrogen-bond donors (Lipinski definition) is 1. The quantitative estimate of drug-likeness (QED) is 0.861. The van der Waals surface area contributed by atoms with Gasteiger partial charge in [-0.05, 0) is 37.2 Å². The third-order valence-corrected chi connectivity index (χ3v) is 2.26. The van der Waals surface area contributed by atoms with E-state index in [4.69, 9.17) is 10.5 Å². The van der Waals surface area contributed by atoms with Crippen molar-refractivity contribution in [3.63, 3.8) is 0 Å². The molecule has 0 spiro atoms. The predicted octanol–water partition coefficient (Wildman–Crippen LogP) is 2.44. The highest BCUT2D eigenvalue weighted by Crippen LogP contribution is 2.14. The van der Waals surface area contributed by atoms with Crippen LogP contribution in [0.4, 0.5) is 0 Å². The van der Waals surface area contributed by atoms with E-state index < -0.39 is 0 Å². The fraction of sp³-hybridized carbons (Fsp3) is 0.250. The van der Waals surface area contributed by atoms with E-state index in [-0.39, 0.29) is 24.8 Å². The molecule has 0 aliphatic heterocycles. The molecule has 0 atom stereocenters. The summed E-state index contributed by atoms with van der Waals surface area (Å²) >= 11 is 0. The zero-order valence-electron chi connectivity index (χ0n) is 9.86. The second kappa shape index (κ2) is 8.80. The van der Waals surface area contributed by atoms with Gasteiger partial charge in [0.2, 0.25) is 0 Å². The third-order valence-electron chi connectivity index (χ3n) is 2.26. The SMILES string of the molecule is Cl.Cl.NCCCOc1ccc(-n2ccnc2)cc1. The fourth-order valence-corrected chi connectivity index (χ4v) is 1.40. The van der Waals surface area contributed by atoms with Crippen molar-refractivity contribution >= 4 is 24.8 Å². The Morgan fingerprint density at radius 2 is 1.89 bits per heavy atom. The maximum atomic E-state index is 5.51.